The number of hydrogen-bond acceptors (Lipinski definition) is 4. The second kappa shape index (κ2) is 6.64. The summed E-state index contributed by atoms with van der Waals surface area (Å²) >= 11 is 3.14. The van der Waals surface area contributed by atoms with Crippen molar-refractivity contribution in [1.82, 2.24) is 0 Å². The predicted octanol–water partition coefficient (Wildman–Crippen LogP) is 3.63. The Bertz CT molecular complexity index is 443. The number of Topliss-reactive ketones (excluding diaryl/α,β-unsaturated/α-hetero) is 1. The number of carbonyl (C=O) groups is 1. The molecule has 2 N–H and O–H groups in total. The van der Waals surface area contributed by atoms with Crippen molar-refractivity contribution in [2.24, 2.45) is 0 Å². The van der Waals surface area contributed by atoms with Gasteiger partial charge in [-0.3, -0.25) is 4.79 Å². The van der Waals surface area contributed by atoms with Gasteiger partial charge in [-0.2, -0.15) is 0 Å². The van der Waals surface area contributed by atoms with Gasteiger partial charge in [-0.15, -0.1) is 0 Å². The standard InChI is InChI=1S/C13H17BrO4/c1-3-4-5-6-8(15)11-9(16)7-10(18-2)12(14)13(11)17/h7,16-17H,3-6H2,1-2H3. The lowest BCUT2D eigenvalue weighted by Crippen LogP contribution is -2.01. The highest BCUT2D eigenvalue weighted by Crippen LogP contribution is 2.42. The topological polar surface area (TPSA) is 66.8 Å². The van der Waals surface area contributed by atoms with Crippen LogP contribution in [0.3, 0.4) is 0 Å². The third-order valence-corrected chi connectivity index (χ3v) is 3.46. The zero-order valence-corrected chi connectivity index (χ0v) is 12.1. The van der Waals surface area contributed by atoms with Crippen molar-refractivity contribution in [3.63, 3.8) is 0 Å². The molecule has 0 saturated heterocycles. The fraction of sp³-hybridized carbons (Fsp3) is 0.462. The number of methoxy groups -OCH3 is 1. The van der Waals surface area contributed by atoms with Crippen LogP contribution in [0.5, 0.6) is 17.2 Å². The molecule has 0 atom stereocenters. The van der Waals surface area contributed by atoms with Crippen LogP contribution in [0, 0.1) is 0 Å². The Balaban J connectivity index is 3.02. The van der Waals surface area contributed by atoms with E-state index in [0.717, 1.165) is 19.3 Å². The van der Waals surface area contributed by atoms with Crippen LogP contribution >= 0.6 is 15.9 Å². The van der Waals surface area contributed by atoms with Crippen LogP contribution in [0.1, 0.15) is 43.0 Å². The molecule has 0 fully saturated rings. The smallest absolute Gasteiger partial charge is 0.170 e. The Hall–Kier alpha value is -1.23. The van der Waals surface area contributed by atoms with Gasteiger partial charge in [0.25, 0.3) is 0 Å². The van der Waals surface area contributed by atoms with Crippen molar-refractivity contribution in [3.8, 4) is 17.2 Å². The van der Waals surface area contributed by atoms with Gasteiger partial charge in [0.1, 0.15) is 27.3 Å². The molecule has 100 valence electrons. The second-order valence-electron chi connectivity index (χ2n) is 4.02. The average molecular weight is 317 g/mol. The Morgan fingerprint density at radius 2 is 2.06 bits per heavy atom. The summed E-state index contributed by atoms with van der Waals surface area (Å²) in [7, 11) is 1.42. The number of rotatable bonds is 6. The zero-order chi connectivity index (χ0) is 13.7. The number of unbranched alkanes of at least 4 members (excludes halogenated alkanes) is 2. The predicted molar refractivity (Wildman–Crippen MR) is 72.5 cm³/mol. The molecule has 0 unspecified atom stereocenters. The molecule has 0 radical (unpaired) electrons. The van der Waals surface area contributed by atoms with Gasteiger partial charge in [0.2, 0.25) is 0 Å². The van der Waals surface area contributed by atoms with Crippen LogP contribution in [0.25, 0.3) is 0 Å². The van der Waals surface area contributed by atoms with E-state index >= 15 is 0 Å². The Kier molecular flexibility index (Phi) is 5.47. The van der Waals surface area contributed by atoms with Gasteiger partial charge in [-0.25, -0.2) is 0 Å². The first kappa shape index (κ1) is 14.8. The summed E-state index contributed by atoms with van der Waals surface area (Å²) < 4.78 is 5.24. The van der Waals surface area contributed by atoms with E-state index in [9.17, 15) is 15.0 Å². The Labute approximate surface area is 115 Å². The lowest BCUT2D eigenvalue weighted by atomic mass is 10.0. The van der Waals surface area contributed by atoms with Gasteiger partial charge in [0.05, 0.1) is 7.11 Å². The number of aromatic hydroxyl groups is 2. The minimum atomic E-state index is -0.270. The second-order valence-corrected chi connectivity index (χ2v) is 4.81. The summed E-state index contributed by atoms with van der Waals surface area (Å²) in [6.07, 6.45) is 3.02. The van der Waals surface area contributed by atoms with Gasteiger partial charge in [-0.1, -0.05) is 19.8 Å². The number of carbonyl (C=O) groups excluding carboxylic acids is 1. The largest absolute Gasteiger partial charge is 0.507 e. The third kappa shape index (κ3) is 3.16. The van der Waals surface area contributed by atoms with E-state index in [4.69, 9.17) is 4.74 Å². The van der Waals surface area contributed by atoms with Crippen LogP contribution in [0.2, 0.25) is 0 Å². The minimum absolute atomic E-state index is 0.0428. The molecule has 0 aliphatic rings. The highest BCUT2D eigenvalue weighted by molar-refractivity contribution is 9.10. The molecule has 4 nitrogen and oxygen atoms in total. The molecule has 0 saturated carbocycles. The zero-order valence-electron chi connectivity index (χ0n) is 10.5. The molecule has 0 heterocycles. The lowest BCUT2D eigenvalue weighted by molar-refractivity contribution is 0.0973. The lowest BCUT2D eigenvalue weighted by Gasteiger charge is -2.11. The van der Waals surface area contributed by atoms with E-state index in [2.05, 4.69) is 15.9 Å². The monoisotopic (exact) mass is 316 g/mol. The maximum atomic E-state index is 11.9. The number of halogens is 1. The van der Waals surface area contributed by atoms with Crippen LogP contribution < -0.4 is 4.74 Å². The van der Waals surface area contributed by atoms with Crippen LogP contribution in [-0.4, -0.2) is 23.1 Å². The first-order valence-electron chi connectivity index (χ1n) is 5.84. The molecule has 0 bridgehead atoms. The number of ether oxygens (including phenoxy) is 1. The molecule has 0 spiro atoms. The van der Waals surface area contributed by atoms with E-state index < -0.39 is 0 Å². The van der Waals surface area contributed by atoms with E-state index in [0.29, 0.717) is 6.42 Å². The van der Waals surface area contributed by atoms with E-state index in [1.165, 1.54) is 13.2 Å². The molecule has 0 aliphatic carbocycles. The molecule has 0 amide bonds. The fourth-order valence-electron chi connectivity index (χ4n) is 1.69. The first-order valence-corrected chi connectivity index (χ1v) is 6.63. The van der Waals surface area contributed by atoms with Crippen molar-refractivity contribution in [2.75, 3.05) is 7.11 Å². The van der Waals surface area contributed by atoms with Gasteiger partial charge >= 0.3 is 0 Å². The summed E-state index contributed by atoms with van der Waals surface area (Å²) in [5, 5.41) is 19.7. The van der Waals surface area contributed by atoms with Crippen molar-refractivity contribution in [1.29, 1.82) is 0 Å². The molecule has 1 rings (SSSR count). The first-order chi connectivity index (χ1) is 8.52. The normalized spacial score (nSPS) is 10.4. The molecule has 5 heteroatoms. The summed E-state index contributed by atoms with van der Waals surface area (Å²) in [4.78, 5) is 11.9. The van der Waals surface area contributed by atoms with Crippen LogP contribution in [0.4, 0.5) is 0 Å². The maximum Gasteiger partial charge on any atom is 0.170 e. The third-order valence-electron chi connectivity index (χ3n) is 2.69. The summed E-state index contributed by atoms with van der Waals surface area (Å²) in [5.74, 6) is -0.501. The maximum absolute atomic E-state index is 11.9. The number of ketones is 1. The van der Waals surface area contributed by atoms with Gasteiger partial charge in [-0.05, 0) is 22.4 Å². The molecule has 1 aromatic carbocycles. The van der Waals surface area contributed by atoms with E-state index in [1.807, 2.05) is 6.92 Å². The summed E-state index contributed by atoms with van der Waals surface area (Å²) in [6, 6.07) is 1.32. The van der Waals surface area contributed by atoms with Crippen LogP contribution in [-0.2, 0) is 0 Å². The van der Waals surface area contributed by atoms with Crippen LogP contribution in [0.15, 0.2) is 10.5 Å². The highest BCUT2D eigenvalue weighted by atomic mass is 79.9. The number of phenols is 2. The Morgan fingerprint density at radius 1 is 1.39 bits per heavy atom. The molecule has 1 aromatic rings. The van der Waals surface area contributed by atoms with Crippen molar-refractivity contribution in [3.05, 3.63) is 16.1 Å². The van der Waals surface area contributed by atoms with E-state index in [1.54, 1.807) is 0 Å². The van der Waals surface area contributed by atoms with Crippen molar-refractivity contribution >= 4 is 21.7 Å². The summed E-state index contributed by atoms with van der Waals surface area (Å²) in [6.45, 7) is 2.05. The van der Waals surface area contributed by atoms with E-state index in [-0.39, 0.29) is 33.1 Å². The van der Waals surface area contributed by atoms with Crippen molar-refractivity contribution < 1.29 is 19.7 Å². The van der Waals surface area contributed by atoms with Gasteiger partial charge in [0.15, 0.2) is 5.78 Å². The molecule has 0 aliphatic heterocycles. The van der Waals surface area contributed by atoms with Gasteiger partial charge in [0, 0.05) is 12.5 Å². The molecular weight excluding hydrogens is 300 g/mol. The average Bonchev–Trinajstić information content (AvgIpc) is 2.34. The highest BCUT2D eigenvalue weighted by Gasteiger charge is 2.21. The molecular formula is C13H17BrO4. The van der Waals surface area contributed by atoms with Crippen molar-refractivity contribution in [2.45, 2.75) is 32.6 Å². The number of phenolic OH excluding ortho intramolecular Hbond substituents is 2. The molecule has 0 aromatic heterocycles. The van der Waals surface area contributed by atoms with Gasteiger partial charge < -0.3 is 14.9 Å². The fourth-order valence-corrected chi connectivity index (χ4v) is 2.17. The SMILES string of the molecule is CCCCCC(=O)c1c(O)cc(OC)c(Br)c1O. The minimum Gasteiger partial charge on any atom is -0.507 e. The molecule has 18 heavy (non-hydrogen) atoms. The Morgan fingerprint density at radius 3 is 2.61 bits per heavy atom. The summed E-state index contributed by atoms with van der Waals surface area (Å²) in [5.41, 5.74) is -0.0428. The number of hydrogen-bond donors (Lipinski definition) is 2. The number of benzene rings is 1. The quantitative estimate of drug-likeness (QED) is 0.621.